The number of nitro benzene ring substituents is 1. The number of ether oxygens (including phenoxy) is 1. The van der Waals surface area contributed by atoms with Crippen molar-refractivity contribution in [1.82, 2.24) is 0 Å². The molecule has 1 N–H and O–H groups in total. The number of aromatic carboxylic acids is 1. The van der Waals surface area contributed by atoms with Crippen LogP contribution in [0.15, 0.2) is 42.5 Å². The Morgan fingerprint density at radius 3 is 2.52 bits per heavy atom. The van der Waals surface area contributed by atoms with Crippen molar-refractivity contribution in [2.45, 2.75) is 19.8 Å². The summed E-state index contributed by atoms with van der Waals surface area (Å²) in [5.41, 5.74) is 0.442. The van der Waals surface area contributed by atoms with E-state index >= 15 is 0 Å². The molecule has 0 spiro atoms. The average Bonchev–Trinajstić information content (AvgIpc) is 2.60. The van der Waals surface area contributed by atoms with Crippen LogP contribution < -0.4 is 4.74 Å². The van der Waals surface area contributed by atoms with Gasteiger partial charge in [-0.3, -0.25) is 10.1 Å². The van der Waals surface area contributed by atoms with Gasteiger partial charge in [0, 0.05) is 11.6 Å². The normalized spacial score (nSPS) is 9.80. The third-order valence-electron chi connectivity index (χ3n) is 3.40. The molecule has 128 valence electrons. The van der Waals surface area contributed by atoms with E-state index in [-0.39, 0.29) is 16.8 Å². The number of nitrogens with zero attached hydrogens (tertiary/aromatic N) is 1. The lowest BCUT2D eigenvalue weighted by molar-refractivity contribution is -0.385. The molecule has 0 amide bonds. The first-order chi connectivity index (χ1) is 12.0. The molecule has 2 aromatic rings. The highest BCUT2D eigenvalue weighted by atomic mass is 16.6. The highest BCUT2D eigenvalue weighted by Crippen LogP contribution is 2.19. The molecule has 25 heavy (non-hydrogen) atoms. The molecule has 0 atom stereocenters. The molecule has 6 heteroatoms. The molecule has 0 saturated carbocycles. The van der Waals surface area contributed by atoms with Crippen LogP contribution in [-0.2, 0) is 0 Å². The highest BCUT2D eigenvalue weighted by molar-refractivity contribution is 5.88. The van der Waals surface area contributed by atoms with E-state index in [0.717, 1.165) is 24.7 Å². The highest BCUT2D eigenvalue weighted by Gasteiger charge is 2.14. The number of carbonyl (C=O) groups is 1. The molecule has 0 bridgehead atoms. The molecule has 0 heterocycles. The number of nitro groups is 1. The minimum Gasteiger partial charge on any atom is -0.494 e. The molecule has 0 aliphatic rings. The number of carboxylic acids is 1. The van der Waals surface area contributed by atoms with Crippen molar-refractivity contribution in [3.05, 3.63) is 69.3 Å². The summed E-state index contributed by atoms with van der Waals surface area (Å²) in [6.07, 6.45) is 2.03. The summed E-state index contributed by atoms with van der Waals surface area (Å²) in [6.45, 7) is 2.73. The molecule has 0 aliphatic carbocycles. The standard InChI is InChI=1S/C19H17NO5/c1-2-3-12-25-17-9-5-14(6-10-17)4-7-15-13-16(19(21)22)8-11-18(15)20(23)24/h5-6,8-11,13H,2-3,12H2,1H3,(H,21,22). The maximum Gasteiger partial charge on any atom is 0.335 e. The number of carboxylic acid groups (broad SMARTS) is 1. The smallest absolute Gasteiger partial charge is 0.335 e. The molecule has 0 fully saturated rings. The van der Waals surface area contributed by atoms with Crippen LogP contribution in [-0.4, -0.2) is 22.6 Å². The number of hydrogen-bond donors (Lipinski definition) is 1. The minimum absolute atomic E-state index is 0.0467. The van der Waals surface area contributed by atoms with Crippen molar-refractivity contribution in [1.29, 1.82) is 0 Å². The van der Waals surface area contributed by atoms with Crippen LogP contribution in [0.2, 0.25) is 0 Å². The lowest BCUT2D eigenvalue weighted by Gasteiger charge is -2.04. The largest absolute Gasteiger partial charge is 0.494 e. The fourth-order valence-corrected chi connectivity index (χ4v) is 2.04. The minimum atomic E-state index is -1.16. The second-order valence-electron chi connectivity index (χ2n) is 5.27. The van der Waals surface area contributed by atoms with E-state index in [1.165, 1.54) is 12.1 Å². The third kappa shape index (κ3) is 5.08. The monoisotopic (exact) mass is 339 g/mol. The van der Waals surface area contributed by atoms with Crippen molar-refractivity contribution in [3.8, 4) is 17.6 Å². The number of benzene rings is 2. The zero-order valence-electron chi connectivity index (χ0n) is 13.7. The molecule has 0 unspecified atom stereocenters. The second-order valence-corrected chi connectivity index (χ2v) is 5.27. The first kappa shape index (κ1) is 18.0. The van der Waals surface area contributed by atoms with E-state index in [0.29, 0.717) is 12.2 Å². The van der Waals surface area contributed by atoms with Crippen LogP contribution in [0.4, 0.5) is 5.69 Å². The first-order valence-corrected chi connectivity index (χ1v) is 7.78. The fourth-order valence-electron chi connectivity index (χ4n) is 2.04. The van der Waals surface area contributed by atoms with Crippen LogP contribution in [0, 0.1) is 22.0 Å². The molecule has 2 aromatic carbocycles. The number of rotatable bonds is 6. The molecular weight excluding hydrogens is 322 g/mol. The van der Waals surface area contributed by atoms with E-state index < -0.39 is 10.9 Å². The lowest BCUT2D eigenvalue weighted by Crippen LogP contribution is -1.99. The maximum absolute atomic E-state index is 11.1. The van der Waals surface area contributed by atoms with E-state index in [1.807, 2.05) is 0 Å². The molecular formula is C19H17NO5. The van der Waals surface area contributed by atoms with Gasteiger partial charge in [0.05, 0.1) is 17.1 Å². The van der Waals surface area contributed by atoms with Gasteiger partial charge in [0.15, 0.2) is 0 Å². The van der Waals surface area contributed by atoms with Gasteiger partial charge in [0.2, 0.25) is 0 Å². The van der Waals surface area contributed by atoms with Gasteiger partial charge in [-0.1, -0.05) is 25.2 Å². The second kappa shape index (κ2) is 8.50. The van der Waals surface area contributed by atoms with Crippen LogP contribution in [0.1, 0.15) is 41.3 Å². The zero-order valence-corrected chi connectivity index (χ0v) is 13.7. The Bertz CT molecular complexity index is 831. The zero-order chi connectivity index (χ0) is 18.2. The van der Waals surface area contributed by atoms with Crippen molar-refractivity contribution >= 4 is 11.7 Å². The van der Waals surface area contributed by atoms with Gasteiger partial charge in [-0.05, 0) is 42.8 Å². The van der Waals surface area contributed by atoms with Crippen LogP contribution >= 0.6 is 0 Å². The van der Waals surface area contributed by atoms with E-state index in [1.54, 1.807) is 24.3 Å². The Hall–Kier alpha value is -3.33. The van der Waals surface area contributed by atoms with Gasteiger partial charge in [-0.2, -0.15) is 0 Å². The molecule has 2 rings (SSSR count). The Kier molecular flexibility index (Phi) is 6.13. The molecule has 6 nitrogen and oxygen atoms in total. The topological polar surface area (TPSA) is 89.7 Å². The van der Waals surface area contributed by atoms with Crippen molar-refractivity contribution in [2.24, 2.45) is 0 Å². The van der Waals surface area contributed by atoms with Crippen LogP contribution in [0.25, 0.3) is 0 Å². The Balaban J connectivity index is 2.23. The van der Waals surface area contributed by atoms with Gasteiger partial charge in [0.25, 0.3) is 5.69 Å². The summed E-state index contributed by atoms with van der Waals surface area (Å²) in [6, 6.07) is 10.6. The van der Waals surface area contributed by atoms with E-state index in [9.17, 15) is 14.9 Å². The van der Waals surface area contributed by atoms with Crippen molar-refractivity contribution in [2.75, 3.05) is 6.61 Å². The summed E-state index contributed by atoms with van der Waals surface area (Å²) >= 11 is 0. The maximum atomic E-state index is 11.1. The van der Waals surface area contributed by atoms with Gasteiger partial charge in [-0.15, -0.1) is 0 Å². The van der Waals surface area contributed by atoms with Crippen LogP contribution in [0.5, 0.6) is 5.75 Å². The van der Waals surface area contributed by atoms with Crippen molar-refractivity contribution in [3.63, 3.8) is 0 Å². The fraction of sp³-hybridized carbons (Fsp3) is 0.211. The Morgan fingerprint density at radius 2 is 1.92 bits per heavy atom. The van der Waals surface area contributed by atoms with Gasteiger partial charge in [-0.25, -0.2) is 4.79 Å². The first-order valence-electron chi connectivity index (χ1n) is 7.78. The molecule has 0 aromatic heterocycles. The summed E-state index contributed by atoms with van der Waals surface area (Å²) < 4.78 is 5.55. The van der Waals surface area contributed by atoms with Gasteiger partial charge >= 0.3 is 5.97 Å². The number of unbranched alkanes of at least 4 members (excludes halogenated alkanes) is 1. The third-order valence-corrected chi connectivity index (χ3v) is 3.40. The summed E-state index contributed by atoms with van der Waals surface area (Å²) in [4.78, 5) is 21.5. The van der Waals surface area contributed by atoms with Gasteiger partial charge < -0.3 is 9.84 Å². The predicted octanol–water partition coefficient (Wildman–Crippen LogP) is 3.87. The quantitative estimate of drug-likeness (QED) is 0.373. The van der Waals surface area contributed by atoms with Crippen LogP contribution in [0.3, 0.4) is 0 Å². The Morgan fingerprint density at radius 1 is 1.20 bits per heavy atom. The number of hydrogen-bond acceptors (Lipinski definition) is 4. The van der Waals surface area contributed by atoms with Crippen molar-refractivity contribution < 1.29 is 19.6 Å². The SMILES string of the molecule is CCCCOc1ccc(C#Cc2cc(C(=O)O)ccc2[N+](=O)[O-])cc1. The van der Waals surface area contributed by atoms with Gasteiger partial charge in [0.1, 0.15) is 11.3 Å². The Labute approximate surface area is 145 Å². The average molecular weight is 339 g/mol. The molecule has 0 radical (unpaired) electrons. The molecule has 0 saturated heterocycles. The van der Waals surface area contributed by atoms with E-state index in [2.05, 4.69) is 18.8 Å². The summed E-state index contributed by atoms with van der Waals surface area (Å²) in [5, 5.41) is 20.1. The van der Waals surface area contributed by atoms with E-state index in [4.69, 9.17) is 9.84 Å². The lowest BCUT2D eigenvalue weighted by atomic mass is 10.1. The predicted molar refractivity (Wildman–Crippen MR) is 92.9 cm³/mol. The summed E-state index contributed by atoms with van der Waals surface area (Å²) in [7, 11) is 0. The molecule has 0 aliphatic heterocycles. The summed E-state index contributed by atoms with van der Waals surface area (Å²) in [5.74, 6) is 5.07.